The number of esters is 1. The van der Waals surface area contributed by atoms with Gasteiger partial charge in [-0.15, -0.1) is 0 Å². The number of likely N-dealkylation sites (tertiary alicyclic amines) is 1. The van der Waals surface area contributed by atoms with E-state index < -0.39 is 5.54 Å². The Kier molecular flexibility index (Phi) is 5.04. The Morgan fingerprint density at radius 3 is 2.85 bits per heavy atom. The zero-order chi connectivity index (χ0) is 14.8. The fraction of sp³-hybridized carbons (Fsp3) is 0.933. The van der Waals surface area contributed by atoms with Gasteiger partial charge in [0.25, 0.3) is 0 Å². The van der Waals surface area contributed by atoms with E-state index in [1.54, 1.807) is 0 Å². The number of hydrogen-bond donors (Lipinski definition) is 1. The maximum atomic E-state index is 12.0. The first-order valence-electron chi connectivity index (χ1n) is 7.83. The molecule has 5 heteroatoms. The molecule has 1 saturated carbocycles. The fourth-order valence-electron chi connectivity index (χ4n) is 3.63. The molecule has 0 amide bonds. The second-order valence-corrected chi connectivity index (χ2v) is 6.50. The molecular formula is C15H29N3O2. The molecule has 116 valence electrons. The summed E-state index contributed by atoms with van der Waals surface area (Å²) >= 11 is 0. The molecule has 5 nitrogen and oxygen atoms in total. The van der Waals surface area contributed by atoms with E-state index in [1.165, 1.54) is 19.4 Å². The van der Waals surface area contributed by atoms with Gasteiger partial charge in [0.05, 0.1) is 6.61 Å². The van der Waals surface area contributed by atoms with E-state index in [1.807, 2.05) is 6.92 Å². The number of rotatable bonds is 4. The molecule has 0 aromatic rings. The summed E-state index contributed by atoms with van der Waals surface area (Å²) in [6.07, 6.45) is 4.95. The third kappa shape index (κ3) is 3.32. The van der Waals surface area contributed by atoms with Gasteiger partial charge in [-0.3, -0.25) is 9.69 Å². The van der Waals surface area contributed by atoms with Crippen LogP contribution in [0.5, 0.6) is 0 Å². The summed E-state index contributed by atoms with van der Waals surface area (Å²) in [6.45, 7) is 4.55. The van der Waals surface area contributed by atoms with E-state index in [0.29, 0.717) is 18.7 Å². The van der Waals surface area contributed by atoms with Crippen LogP contribution in [-0.4, -0.2) is 67.2 Å². The molecule has 1 saturated heterocycles. The molecule has 2 rings (SSSR count). The maximum Gasteiger partial charge on any atom is 0.326 e. The molecule has 1 heterocycles. The van der Waals surface area contributed by atoms with E-state index in [-0.39, 0.29) is 5.97 Å². The highest BCUT2D eigenvalue weighted by Gasteiger charge is 2.45. The highest BCUT2D eigenvalue weighted by Crippen LogP contribution is 2.33. The molecule has 2 N–H and O–H groups in total. The second kappa shape index (κ2) is 6.41. The molecule has 3 unspecified atom stereocenters. The van der Waals surface area contributed by atoms with Crippen molar-refractivity contribution in [2.24, 2.45) is 5.73 Å². The quantitative estimate of drug-likeness (QED) is 0.774. The summed E-state index contributed by atoms with van der Waals surface area (Å²) in [6, 6.07) is 0.990. The number of nitrogens with zero attached hydrogens (tertiary/aromatic N) is 2. The Hall–Kier alpha value is -0.650. The minimum absolute atomic E-state index is 0.225. The predicted molar refractivity (Wildman–Crippen MR) is 79.5 cm³/mol. The summed E-state index contributed by atoms with van der Waals surface area (Å²) in [5, 5.41) is 0. The Morgan fingerprint density at radius 2 is 2.20 bits per heavy atom. The third-order valence-corrected chi connectivity index (χ3v) is 4.96. The lowest BCUT2D eigenvalue weighted by Gasteiger charge is -2.39. The van der Waals surface area contributed by atoms with Gasteiger partial charge in [0, 0.05) is 18.6 Å². The van der Waals surface area contributed by atoms with Gasteiger partial charge in [-0.05, 0) is 59.7 Å². The maximum absolute atomic E-state index is 12.0. The largest absolute Gasteiger partial charge is 0.465 e. The normalized spacial score (nSPS) is 35.5. The Balaban J connectivity index is 1.92. The van der Waals surface area contributed by atoms with Crippen molar-refractivity contribution >= 4 is 5.97 Å². The van der Waals surface area contributed by atoms with Crippen LogP contribution in [0.4, 0.5) is 0 Å². The van der Waals surface area contributed by atoms with E-state index in [0.717, 1.165) is 25.8 Å². The molecule has 0 aromatic heterocycles. The molecule has 1 aliphatic carbocycles. The van der Waals surface area contributed by atoms with Crippen LogP contribution in [0.15, 0.2) is 0 Å². The standard InChI is InChI=1S/C15H29N3O2/c1-4-20-14(19)15(16)8-7-12(10-15)18(3)13-6-5-9-17(2)11-13/h12-13H,4-11,16H2,1-3H3. The number of likely N-dealkylation sites (N-methyl/N-ethyl adjacent to an activating group) is 2. The van der Waals surface area contributed by atoms with Crippen LogP contribution >= 0.6 is 0 Å². The Bertz CT molecular complexity index is 350. The topological polar surface area (TPSA) is 58.8 Å². The number of carbonyl (C=O) groups is 1. The molecular weight excluding hydrogens is 254 g/mol. The monoisotopic (exact) mass is 283 g/mol. The van der Waals surface area contributed by atoms with Crippen LogP contribution in [0.2, 0.25) is 0 Å². The molecule has 3 atom stereocenters. The summed E-state index contributed by atoms with van der Waals surface area (Å²) in [4.78, 5) is 16.8. The zero-order valence-electron chi connectivity index (χ0n) is 13.1. The highest BCUT2D eigenvalue weighted by molar-refractivity contribution is 5.81. The van der Waals surface area contributed by atoms with Gasteiger partial charge < -0.3 is 15.4 Å². The minimum atomic E-state index is -0.768. The van der Waals surface area contributed by atoms with Crippen LogP contribution < -0.4 is 5.73 Å². The van der Waals surface area contributed by atoms with Crippen LogP contribution in [0, 0.1) is 0 Å². The van der Waals surface area contributed by atoms with Gasteiger partial charge in [0.15, 0.2) is 0 Å². The van der Waals surface area contributed by atoms with Gasteiger partial charge in [0.1, 0.15) is 5.54 Å². The Morgan fingerprint density at radius 1 is 1.45 bits per heavy atom. The zero-order valence-corrected chi connectivity index (χ0v) is 13.1. The average Bonchev–Trinajstić information content (AvgIpc) is 2.82. The smallest absolute Gasteiger partial charge is 0.326 e. The lowest BCUT2D eigenvalue weighted by molar-refractivity contribution is -0.149. The van der Waals surface area contributed by atoms with Gasteiger partial charge in [-0.2, -0.15) is 0 Å². The van der Waals surface area contributed by atoms with Crippen molar-refractivity contribution in [2.75, 3.05) is 33.8 Å². The third-order valence-electron chi connectivity index (χ3n) is 4.96. The van der Waals surface area contributed by atoms with Crippen molar-refractivity contribution in [2.45, 2.75) is 56.7 Å². The average molecular weight is 283 g/mol. The molecule has 1 aliphatic heterocycles. The van der Waals surface area contributed by atoms with Gasteiger partial charge in [0.2, 0.25) is 0 Å². The van der Waals surface area contributed by atoms with Crippen molar-refractivity contribution in [3.8, 4) is 0 Å². The van der Waals surface area contributed by atoms with E-state index in [9.17, 15) is 4.79 Å². The second-order valence-electron chi connectivity index (χ2n) is 6.50. The number of carbonyl (C=O) groups excluding carboxylic acids is 1. The van der Waals surface area contributed by atoms with Crippen molar-refractivity contribution in [3.05, 3.63) is 0 Å². The molecule has 0 bridgehead atoms. The highest BCUT2D eigenvalue weighted by atomic mass is 16.5. The summed E-state index contributed by atoms with van der Waals surface area (Å²) in [5.74, 6) is -0.225. The van der Waals surface area contributed by atoms with E-state index in [2.05, 4.69) is 23.9 Å². The van der Waals surface area contributed by atoms with Crippen molar-refractivity contribution in [1.29, 1.82) is 0 Å². The van der Waals surface area contributed by atoms with Crippen LogP contribution in [-0.2, 0) is 9.53 Å². The molecule has 0 aromatic carbocycles. The van der Waals surface area contributed by atoms with E-state index in [4.69, 9.17) is 10.5 Å². The summed E-state index contributed by atoms with van der Waals surface area (Å²) in [7, 11) is 4.37. The van der Waals surface area contributed by atoms with Crippen molar-refractivity contribution in [1.82, 2.24) is 9.80 Å². The van der Waals surface area contributed by atoms with Gasteiger partial charge >= 0.3 is 5.97 Å². The van der Waals surface area contributed by atoms with Gasteiger partial charge in [-0.25, -0.2) is 0 Å². The number of hydrogen-bond acceptors (Lipinski definition) is 5. The number of piperidine rings is 1. The first kappa shape index (κ1) is 15.7. The lowest BCUT2D eigenvalue weighted by atomic mass is 9.98. The molecule has 2 fully saturated rings. The SMILES string of the molecule is CCOC(=O)C1(N)CCC(N(C)C2CCCN(C)C2)C1. The Labute approximate surface area is 122 Å². The van der Waals surface area contributed by atoms with Crippen LogP contribution in [0.1, 0.15) is 39.0 Å². The molecule has 20 heavy (non-hydrogen) atoms. The van der Waals surface area contributed by atoms with Crippen molar-refractivity contribution < 1.29 is 9.53 Å². The number of nitrogens with two attached hydrogens (primary N) is 1. The van der Waals surface area contributed by atoms with Gasteiger partial charge in [-0.1, -0.05) is 0 Å². The van der Waals surface area contributed by atoms with Crippen LogP contribution in [0.25, 0.3) is 0 Å². The molecule has 2 aliphatic rings. The summed E-state index contributed by atoms with van der Waals surface area (Å²) < 4.78 is 5.13. The predicted octanol–water partition coefficient (Wildman–Crippen LogP) is 0.826. The lowest BCUT2D eigenvalue weighted by Crippen LogP contribution is -2.51. The fourth-order valence-corrected chi connectivity index (χ4v) is 3.63. The van der Waals surface area contributed by atoms with E-state index >= 15 is 0 Å². The minimum Gasteiger partial charge on any atom is -0.465 e. The molecule has 0 radical (unpaired) electrons. The molecule has 0 spiro atoms. The van der Waals surface area contributed by atoms with Crippen LogP contribution in [0.3, 0.4) is 0 Å². The van der Waals surface area contributed by atoms with Crippen molar-refractivity contribution in [3.63, 3.8) is 0 Å². The first-order chi connectivity index (χ1) is 9.46. The summed E-state index contributed by atoms with van der Waals surface area (Å²) in [5.41, 5.74) is 5.49. The number of ether oxygens (including phenoxy) is 1. The first-order valence-corrected chi connectivity index (χ1v) is 7.83.